The van der Waals surface area contributed by atoms with Gasteiger partial charge in [-0.2, -0.15) is 0 Å². The minimum absolute atomic E-state index is 0.110. The number of para-hydroxylation sites is 4. The van der Waals surface area contributed by atoms with E-state index < -0.39 is 23.2 Å². The van der Waals surface area contributed by atoms with Crippen LogP contribution >= 0.6 is 0 Å². The predicted octanol–water partition coefficient (Wildman–Crippen LogP) is 10.3. The fourth-order valence-corrected chi connectivity index (χ4v) is 7.28. The maximum Gasteiger partial charge on any atom is 0.265 e. The zero-order chi connectivity index (χ0) is 42.7. The summed E-state index contributed by atoms with van der Waals surface area (Å²) in [5, 5.41) is 29.2. The third kappa shape index (κ3) is 9.13. The Morgan fingerprint density at radius 2 is 1.18 bits per heavy atom. The lowest BCUT2D eigenvalue weighted by Crippen LogP contribution is -2.39. The van der Waals surface area contributed by atoms with Gasteiger partial charge in [-0.1, -0.05) is 60.7 Å². The Morgan fingerprint density at radius 1 is 0.656 bits per heavy atom. The molecule has 2 heterocycles. The Hall–Kier alpha value is -6.95. The van der Waals surface area contributed by atoms with Crippen molar-refractivity contribution in [3.8, 4) is 34.4 Å². The van der Waals surface area contributed by atoms with Crippen LogP contribution in [0, 0.1) is 13.8 Å². The van der Waals surface area contributed by atoms with Gasteiger partial charge in [0.25, 0.3) is 5.91 Å². The van der Waals surface area contributed by atoms with Crippen LogP contribution in [-0.4, -0.2) is 45.3 Å². The zero-order valence-electron chi connectivity index (χ0n) is 34.7. The third-order valence-electron chi connectivity index (χ3n) is 10.6. The molecule has 6 aromatic carbocycles. The van der Waals surface area contributed by atoms with Crippen LogP contribution in [0.25, 0.3) is 45.1 Å². The first kappa shape index (κ1) is 40.8. The molecule has 2 aromatic heterocycles. The molecule has 8 rings (SSSR count). The molecule has 310 valence electrons. The lowest BCUT2D eigenvalue weighted by atomic mass is 9.89. The van der Waals surface area contributed by atoms with E-state index in [9.17, 15) is 15.0 Å². The average Bonchev–Trinajstić information content (AvgIpc) is 3.89. The molecular formula is C50H48N4O7. The first-order valence-electron chi connectivity index (χ1n) is 20.2. The first-order chi connectivity index (χ1) is 29.3. The molecule has 0 aliphatic carbocycles. The summed E-state index contributed by atoms with van der Waals surface area (Å²) in [6, 6.07) is 41.1. The van der Waals surface area contributed by atoms with Crippen LogP contribution < -0.4 is 20.1 Å². The second kappa shape index (κ2) is 17.0. The predicted molar refractivity (Wildman–Crippen MR) is 238 cm³/mol. The highest BCUT2D eigenvalue weighted by Gasteiger charge is 2.36. The van der Waals surface area contributed by atoms with Gasteiger partial charge < -0.3 is 39.2 Å². The number of ether oxygens (including phenoxy) is 2. The second-order valence-electron chi connectivity index (χ2n) is 15.9. The van der Waals surface area contributed by atoms with Gasteiger partial charge >= 0.3 is 0 Å². The molecule has 8 aromatic rings. The lowest BCUT2D eigenvalue weighted by Gasteiger charge is -2.29. The van der Waals surface area contributed by atoms with Crippen LogP contribution in [0.15, 0.2) is 142 Å². The normalized spacial score (nSPS) is 13.2. The highest BCUT2D eigenvalue weighted by molar-refractivity contribution is 5.95. The Morgan fingerprint density at radius 3 is 1.75 bits per heavy atom. The number of aryl methyl sites for hydroxylation is 2. The van der Waals surface area contributed by atoms with Gasteiger partial charge in [-0.05, 0) is 119 Å². The first-order valence-corrected chi connectivity index (χ1v) is 20.2. The molecule has 0 fully saturated rings. The summed E-state index contributed by atoms with van der Waals surface area (Å²) in [6.07, 6.45) is -1.23. The van der Waals surface area contributed by atoms with Crippen molar-refractivity contribution >= 4 is 39.5 Å². The molecule has 1 amide bonds. The summed E-state index contributed by atoms with van der Waals surface area (Å²) >= 11 is 0. The average molecular weight is 817 g/mol. The molecular weight excluding hydrogens is 769 g/mol. The number of carbonyl (C=O) groups excluding carboxylic acids is 1. The van der Waals surface area contributed by atoms with Crippen LogP contribution in [0.4, 0.5) is 11.4 Å². The molecule has 0 radical (unpaired) electrons. The van der Waals surface area contributed by atoms with E-state index in [1.165, 1.54) is 0 Å². The number of carbonyl (C=O) groups is 1. The summed E-state index contributed by atoms with van der Waals surface area (Å²) in [4.78, 5) is 23.5. The fourth-order valence-electron chi connectivity index (χ4n) is 7.28. The van der Waals surface area contributed by atoms with Crippen LogP contribution in [0.5, 0.6) is 11.5 Å². The number of aromatic nitrogens is 2. The van der Waals surface area contributed by atoms with Crippen molar-refractivity contribution in [2.45, 2.75) is 58.3 Å². The Bertz CT molecular complexity index is 2800. The number of rotatable bonds is 15. The van der Waals surface area contributed by atoms with E-state index in [1.807, 2.05) is 111 Å². The monoisotopic (exact) mass is 816 g/mol. The molecule has 61 heavy (non-hydrogen) atoms. The minimum atomic E-state index is -1.59. The van der Waals surface area contributed by atoms with Crippen molar-refractivity contribution in [1.82, 2.24) is 9.97 Å². The van der Waals surface area contributed by atoms with Crippen LogP contribution in [-0.2, 0) is 16.0 Å². The molecule has 0 aliphatic heterocycles. The quantitative estimate of drug-likeness (QED) is 0.0736. The van der Waals surface area contributed by atoms with E-state index in [2.05, 4.69) is 15.6 Å². The molecule has 2 unspecified atom stereocenters. The van der Waals surface area contributed by atoms with Crippen molar-refractivity contribution in [2.75, 3.05) is 23.8 Å². The number of aliphatic hydroxyl groups is 2. The number of hydrogen-bond acceptors (Lipinski definition) is 10. The summed E-state index contributed by atoms with van der Waals surface area (Å²) in [6.45, 7) is 10.1. The maximum absolute atomic E-state index is 14.1. The van der Waals surface area contributed by atoms with Gasteiger partial charge in [0.2, 0.25) is 11.8 Å². The van der Waals surface area contributed by atoms with E-state index in [-0.39, 0.29) is 6.42 Å². The summed E-state index contributed by atoms with van der Waals surface area (Å²) < 4.78 is 24.8. The fraction of sp³-hybridized carbons (Fsp3) is 0.220. The number of oxazole rings is 2. The van der Waals surface area contributed by atoms with Gasteiger partial charge in [0.05, 0.1) is 11.2 Å². The van der Waals surface area contributed by atoms with Crippen LogP contribution in [0.2, 0.25) is 0 Å². The largest absolute Gasteiger partial charge is 0.491 e. The molecule has 0 saturated heterocycles. The summed E-state index contributed by atoms with van der Waals surface area (Å²) in [7, 11) is 0. The Labute approximate surface area is 354 Å². The Kier molecular flexibility index (Phi) is 11.3. The van der Waals surface area contributed by atoms with Gasteiger partial charge in [0, 0.05) is 46.6 Å². The van der Waals surface area contributed by atoms with Crippen LogP contribution in [0.1, 0.15) is 49.4 Å². The van der Waals surface area contributed by atoms with Gasteiger partial charge in [-0.3, -0.25) is 4.79 Å². The molecule has 2 atom stereocenters. The summed E-state index contributed by atoms with van der Waals surface area (Å²) in [5.74, 6) is 1.73. The standard InChI is InChI=1S/C50H48N4O7/c1-31-12-6-8-18-41(31)58-29-28-51-35-24-20-33(21-25-35)48-54-40-17-11-15-38(45(40)61-48)50(5,57)30-43(59-42-19-9-7-13-32(42)2)46(55)52-36-26-22-34(23-27-36)47-53-39-16-10-14-37(44(39)60-47)49(3,4)56/h6-27,43,51,56-57H,28-30H2,1-5H3,(H,52,55). The minimum Gasteiger partial charge on any atom is -0.491 e. The number of fused-ring (bicyclic) bond motifs is 2. The van der Waals surface area contributed by atoms with E-state index in [1.54, 1.807) is 57.2 Å². The molecule has 11 nitrogen and oxygen atoms in total. The number of nitrogens with one attached hydrogen (secondary N) is 2. The van der Waals surface area contributed by atoms with Crippen molar-refractivity contribution < 1.29 is 33.3 Å². The second-order valence-corrected chi connectivity index (χ2v) is 15.9. The van der Waals surface area contributed by atoms with Crippen molar-refractivity contribution in [2.24, 2.45) is 0 Å². The highest BCUT2D eigenvalue weighted by atomic mass is 16.5. The van der Waals surface area contributed by atoms with Gasteiger partial charge in [0.15, 0.2) is 17.3 Å². The number of benzene rings is 6. The number of hydrogen-bond donors (Lipinski definition) is 4. The lowest BCUT2D eigenvalue weighted by molar-refractivity contribution is -0.125. The van der Waals surface area contributed by atoms with Crippen molar-refractivity contribution in [3.05, 3.63) is 156 Å². The number of amides is 1. The van der Waals surface area contributed by atoms with Crippen molar-refractivity contribution in [3.63, 3.8) is 0 Å². The SMILES string of the molecule is Cc1ccccc1OCCNc1ccc(-c2nc3cccc(C(C)(O)CC(Oc4ccccc4C)C(=O)Nc4ccc(-c5nc6cccc(C(C)(C)O)c6o5)cc4)c3o2)cc1. The van der Waals surface area contributed by atoms with E-state index >= 15 is 0 Å². The van der Waals surface area contributed by atoms with E-state index in [4.69, 9.17) is 23.3 Å². The van der Waals surface area contributed by atoms with Gasteiger partial charge in [0.1, 0.15) is 29.1 Å². The van der Waals surface area contributed by atoms with E-state index in [0.717, 1.165) is 28.1 Å². The van der Waals surface area contributed by atoms with Crippen LogP contribution in [0.3, 0.4) is 0 Å². The molecule has 0 saturated carbocycles. The third-order valence-corrected chi connectivity index (χ3v) is 10.6. The van der Waals surface area contributed by atoms with Gasteiger partial charge in [-0.25, -0.2) is 9.97 Å². The van der Waals surface area contributed by atoms with Gasteiger partial charge in [-0.15, -0.1) is 0 Å². The number of nitrogens with zero attached hydrogens (tertiary/aromatic N) is 2. The van der Waals surface area contributed by atoms with Crippen molar-refractivity contribution in [1.29, 1.82) is 0 Å². The highest BCUT2D eigenvalue weighted by Crippen LogP contribution is 2.37. The molecule has 0 bridgehead atoms. The topological polar surface area (TPSA) is 152 Å². The smallest absolute Gasteiger partial charge is 0.265 e. The molecule has 4 N–H and O–H groups in total. The zero-order valence-corrected chi connectivity index (χ0v) is 34.7. The number of anilines is 2. The molecule has 0 aliphatic rings. The van der Waals surface area contributed by atoms with E-state index in [0.29, 0.717) is 75.3 Å². The molecule has 11 heteroatoms. The summed E-state index contributed by atoms with van der Waals surface area (Å²) in [5.41, 5.74) is 5.37. The molecule has 0 spiro atoms. The maximum atomic E-state index is 14.1. The Balaban J connectivity index is 0.987.